The van der Waals surface area contributed by atoms with E-state index in [1.54, 1.807) is 19.2 Å². The van der Waals surface area contributed by atoms with Crippen LogP contribution in [0.25, 0.3) is 0 Å². The van der Waals surface area contributed by atoms with Crippen molar-refractivity contribution in [2.45, 2.75) is 24.8 Å². The molecule has 22 heavy (non-hydrogen) atoms. The standard InChI is InChI=1S/C19H20FNO/c1-22-14-8-9-15-17(11-14)19-16(3-2-10-21-19)18(15)12-4-6-13(20)7-5-12/h4-9,11,16,18-19,21H,2-3,10H2,1H3. The SMILES string of the molecule is COc1ccc2c(c1)C1NCCCC1C2c1ccc(F)cc1. The Balaban J connectivity index is 1.82. The number of fused-ring (bicyclic) bond motifs is 3. The first-order chi connectivity index (χ1) is 10.8. The lowest BCUT2D eigenvalue weighted by molar-refractivity contribution is 0.286. The van der Waals surface area contributed by atoms with Crippen LogP contribution in [0.1, 0.15) is 41.5 Å². The minimum Gasteiger partial charge on any atom is -0.497 e. The molecule has 2 nitrogen and oxygen atoms in total. The molecule has 0 bridgehead atoms. The first kappa shape index (κ1) is 13.8. The molecule has 1 aliphatic carbocycles. The average Bonchev–Trinajstić information content (AvgIpc) is 2.89. The van der Waals surface area contributed by atoms with Gasteiger partial charge in [0.1, 0.15) is 11.6 Å². The molecule has 3 unspecified atom stereocenters. The van der Waals surface area contributed by atoms with Crippen molar-refractivity contribution in [1.82, 2.24) is 5.32 Å². The summed E-state index contributed by atoms with van der Waals surface area (Å²) in [5.74, 6) is 1.63. The highest BCUT2D eigenvalue weighted by Gasteiger charge is 2.42. The Bertz CT molecular complexity index is 682. The summed E-state index contributed by atoms with van der Waals surface area (Å²) in [5, 5.41) is 3.67. The maximum Gasteiger partial charge on any atom is 0.123 e. The molecule has 0 amide bonds. The average molecular weight is 297 g/mol. The Morgan fingerprint density at radius 1 is 1.09 bits per heavy atom. The van der Waals surface area contributed by atoms with E-state index in [4.69, 9.17) is 4.74 Å². The second-order valence-electron chi connectivity index (χ2n) is 6.26. The molecular weight excluding hydrogens is 277 g/mol. The van der Waals surface area contributed by atoms with Crippen molar-refractivity contribution in [2.24, 2.45) is 5.92 Å². The second kappa shape index (κ2) is 5.40. The number of ether oxygens (including phenoxy) is 1. The van der Waals surface area contributed by atoms with E-state index >= 15 is 0 Å². The van der Waals surface area contributed by atoms with Gasteiger partial charge in [-0.2, -0.15) is 0 Å². The van der Waals surface area contributed by atoms with Gasteiger partial charge in [-0.3, -0.25) is 0 Å². The molecule has 0 saturated carbocycles. The van der Waals surface area contributed by atoms with E-state index in [0.717, 1.165) is 12.3 Å². The van der Waals surface area contributed by atoms with Gasteiger partial charge >= 0.3 is 0 Å². The van der Waals surface area contributed by atoms with E-state index in [1.807, 2.05) is 18.2 Å². The second-order valence-corrected chi connectivity index (χ2v) is 6.26. The van der Waals surface area contributed by atoms with Gasteiger partial charge in [-0.15, -0.1) is 0 Å². The fraction of sp³-hybridized carbons (Fsp3) is 0.368. The first-order valence-corrected chi connectivity index (χ1v) is 7.94. The van der Waals surface area contributed by atoms with Gasteiger partial charge in [0.05, 0.1) is 7.11 Å². The van der Waals surface area contributed by atoms with E-state index in [0.29, 0.717) is 17.9 Å². The summed E-state index contributed by atoms with van der Waals surface area (Å²) in [5.41, 5.74) is 3.92. The van der Waals surface area contributed by atoms with Gasteiger partial charge in [0.15, 0.2) is 0 Å². The van der Waals surface area contributed by atoms with Crippen LogP contribution >= 0.6 is 0 Å². The van der Waals surface area contributed by atoms with Crippen molar-refractivity contribution in [3.8, 4) is 5.75 Å². The third-order valence-electron chi connectivity index (χ3n) is 5.13. The van der Waals surface area contributed by atoms with Crippen LogP contribution in [0.15, 0.2) is 42.5 Å². The lowest BCUT2D eigenvalue weighted by atomic mass is 9.80. The van der Waals surface area contributed by atoms with Crippen molar-refractivity contribution in [3.63, 3.8) is 0 Å². The maximum atomic E-state index is 13.3. The molecule has 1 heterocycles. The molecule has 114 valence electrons. The van der Waals surface area contributed by atoms with Crippen molar-refractivity contribution in [1.29, 1.82) is 0 Å². The summed E-state index contributed by atoms with van der Waals surface area (Å²) in [4.78, 5) is 0. The predicted molar refractivity (Wildman–Crippen MR) is 84.7 cm³/mol. The summed E-state index contributed by atoms with van der Waals surface area (Å²) >= 11 is 0. The summed E-state index contributed by atoms with van der Waals surface area (Å²) in [6.07, 6.45) is 2.40. The van der Waals surface area contributed by atoms with Gasteiger partial charge in [0.2, 0.25) is 0 Å². The number of halogens is 1. The van der Waals surface area contributed by atoms with Crippen LogP contribution in [0, 0.1) is 11.7 Å². The Hall–Kier alpha value is -1.87. The molecule has 1 fully saturated rings. The van der Waals surface area contributed by atoms with Crippen molar-refractivity contribution in [2.75, 3.05) is 13.7 Å². The number of rotatable bonds is 2. The van der Waals surface area contributed by atoms with Crippen molar-refractivity contribution >= 4 is 0 Å². The molecule has 0 radical (unpaired) electrons. The Morgan fingerprint density at radius 3 is 2.68 bits per heavy atom. The van der Waals surface area contributed by atoms with Crippen LogP contribution in [0.2, 0.25) is 0 Å². The smallest absolute Gasteiger partial charge is 0.123 e. The van der Waals surface area contributed by atoms with Gasteiger partial charge in [-0.1, -0.05) is 18.2 Å². The van der Waals surface area contributed by atoms with Crippen LogP contribution in [0.4, 0.5) is 4.39 Å². The highest BCUT2D eigenvalue weighted by molar-refractivity contribution is 5.49. The van der Waals surface area contributed by atoms with Crippen molar-refractivity contribution in [3.05, 3.63) is 65.0 Å². The van der Waals surface area contributed by atoms with E-state index in [2.05, 4.69) is 17.4 Å². The molecule has 2 aromatic rings. The van der Waals surface area contributed by atoms with E-state index in [-0.39, 0.29) is 5.82 Å². The fourth-order valence-corrected chi connectivity index (χ4v) is 4.17. The Morgan fingerprint density at radius 2 is 1.91 bits per heavy atom. The number of methoxy groups -OCH3 is 1. The molecule has 2 aromatic carbocycles. The zero-order valence-corrected chi connectivity index (χ0v) is 12.7. The molecule has 3 atom stereocenters. The predicted octanol–water partition coefficient (Wildman–Crippen LogP) is 4.02. The minimum absolute atomic E-state index is 0.171. The zero-order valence-electron chi connectivity index (χ0n) is 12.7. The molecule has 3 heteroatoms. The highest BCUT2D eigenvalue weighted by Crippen LogP contribution is 2.52. The van der Waals surface area contributed by atoms with Gasteiger partial charge in [0.25, 0.3) is 0 Å². The van der Waals surface area contributed by atoms with Gasteiger partial charge in [-0.25, -0.2) is 4.39 Å². The number of benzene rings is 2. The summed E-state index contributed by atoms with van der Waals surface area (Å²) in [6, 6.07) is 13.8. The molecule has 1 saturated heterocycles. The van der Waals surface area contributed by atoms with Crippen LogP contribution < -0.4 is 10.1 Å². The lowest BCUT2D eigenvalue weighted by Crippen LogP contribution is -2.32. The molecule has 2 aliphatic rings. The monoisotopic (exact) mass is 297 g/mol. The normalized spacial score (nSPS) is 26.4. The molecule has 0 aromatic heterocycles. The number of nitrogens with one attached hydrogen (secondary N) is 1. The van der Waals surface area contributed by atoms with Crippen LogP contribution in [-0.2, 0) is 0 Å². The zero-order chi connectivity index (χ0) is 15.1. The number of piperidine rings is 1. The van der Waals surface area contributed by atoms with E-state index in [1.165, 1.54) is 29.5 Å². The van der Waals surface area contributed by atoms with Gasteiger partial charge in [0, 0.05) is 12.0 Å². The summed E-state index contributed by atoms with van der Waals surface area (Å²) < 4.78 is 18.7. The largest absolute Gasteiger partial charge is 0.497 e. The van der Waals surface area contributed by atoms with Gasteiger partial charge in [-0.05, 0) is 66.3 Å². The topological polar surface area (TPSA) is 21.3 Å². The maximum absolute atomic E-state index is 13.3. The number of hydrogen-bond donors (Lipinski definition) is 1. The number of hydrogen-bond acceptors (Lipinski definition) is 2. The van der Waals surface area contributed by atoms with Crippen LogP contribution in [0.5, 0.6) is 5.75 Å². The molecule has 1 N–H and O–H groups in total. The molecule has 1 aliphatic heterocycles. The highest BCUT2D eigenvalue weighted by atomic mass is 19.1. The fourth-order valence-electron chi connectivity index (χ4n) is 4.17. The minimum atomic E-state index is -0.171. The molecule has 4 rings (SSSR count). The lowest BCUT2D eigenvalue weighted by Gasteiger charge is -2.31. The van der Waals surface area contributed by atoms with Gasteiger partial charge < -0.3 is 10.1 Å². The summed E-state index contributed by atoms with van der Waals surface area (Å²) in [7, 11) is 1.71. The van der Waals surface area contributed by atoms with E-state index < -0.39 is 0 Å². The third-order valence-corrected chi connectivity index (χ3v) is 5.13. The molecule has 0 spiro atoms. The third kappa shape index (κ3) is 2.12. The van der Waals surface area contributed by atoms with Crippen LogP contribution in [0.3, 0.4) is 0 Å². The van der Waals surface area contributed by atoms with Crippen molar-refractivity contribution < 1.29 is 9.13 Å². The Labute approximate surface area is 130 Å². The van der Waals surface area contributed by atoms with Crippen LogP contribution in [-0.4, -0.2) is 13.7 Å². The molecular formula is C19H20FNO. The Kier molecular flexibility index (Phi) is 3.38. The summed E-state index contributed by atoms with van der Waals surface area (Å²) in [6.45, 7) is 1.06. The van der Waals surface area contributed by atoms with E-state index in [9.17, 15) is 4.39 Å². The first-order valence-electron chi connectivity index (χ1n) is 7.94. The quantitative estimate of drug-likeness (QED) is 0.904.